The van der Waals surface area contributed by atoms with E-state index in [0.717, 1.165) is 31.8 Å². The molecule has 1 heterocycles. The number of nitrogens with one attached hydrogen (secondary N) is 1. The average molecular weight is 285 g/mol. The fourth-order valence-electron chi connectivity index (χ4n) is 2.66. The van der Waals surface area contributed by atoms with Crippen molar-refractivity contribution in [1.29, 1.82) is 0 Å². The Balaban J connectivity index is 2.03. The van der Waals surface area contributed by atoms with E-state index in [0.29, 0.717) is 12.0 Å². The van der Waals surface area contributed by atoms with Gasteiger partial charge in [-0.2, -0.15) is 0 Å². The molecule has 1 unspecified atom stereocenters. The molecule has 1 aromatic carbocycles. The molecule has 0 radical (unpaired) electrons. The zero-order valence-corrected chi connectivity index (χ0v) is 13.4. The Morgan fingerprint density at radius 1 is 1.19 bits per heavy atom. The average Bonchev–Trinajstić information content (AvgIpc) is 2.92. The first-order chi connectivity index (χ1) is 10.2. The lowest BCUT2D eigenvalue weighted by Gasteiger charge is -2.21. The first-order valence-corrected chi connectivity index (χ1v) is 7.99. The highest BCUT2D eigenvalue weighted by atomic mass is 15.1. The van der Waals surface area contributed by atoms with Gasteiger partial charge >= 0.3 is 0 Å². The molecule has 0 spiro atoms. The van der Waals surface area contributed by atoms with Gasteiger partial charge in [0.25, 0.3) is 0 Å². The summed E-state index contributed by atoms with van der Waals surface area (Å²) in [7, 11) is 0. The third-order valence-electron chi connectivity index (χ3n) is 3.68. The van der Waals surface area contributed by atoms with E-state index >= 15 is 0 Å². The molecule has 2 aromatic rings. The van der Waals surface area contributed by atoms with Crippen molar-refractivity contribution in [2.45, 2.75) is 52.7 Å². The minimum absolute atomic E-state index is 0.387. The number of hydrogen-bond donors (Lipinski definition) is 1. The maximum atomic E-state index is 4.48. The van der Waals surface area contributed by atoms with Crippen LogP contribution in [0.5, 0.6) is 0 Å². The van der Waals surface area contributed by atoms with Crippen LogP contribution in [0, 0.1) is 5.92 Å². The standard InChI is InChI=1S/C18H27N3/c1-4-11-21-12-10-19-18(21)14-20-17(13-15(2)3)16-8-6-5-7-9-16/h5-10,12,15,17,20H,4,11,13-14H2,1-3H3. The molecule has 3 heteroatoms. The van der Waals surface area contributed by atoms with Crippen LogP contribution in [0.3, 0.4) is 0 Å². The van der Waals surface area contributed by atoms with Gasteiger partial charge in [0.1, 0.15) is 5.82 Å². The van der Waals surface area contributed by atoms with Crippen molar-refractivity contribution < 1.29 is 0 Å². The van der Waals surface area contributed by atoms with Crippen molar-refractivity contribution in [2.75, 3.05) is 0 Å². The number of benzene rings is 1. The largest absolute Gasteiger partial charge is 0.334 e. The van der Waals surface area contributed by atoms with Crippen LogP contribution in [0.15, 0.2) is 42.7 Å². The maximum Gasteiger partial charge on any atom is 0.122 e. The summed E-state index contributed by atoms with van der Waals surface area (Å²) in [6.45, 7) is 8.60. The summed E-state index contributed by atoms with van der Waals surface area (Å²) in [4.78, 5) is 4.48. The lowest BCUT2D eigenvalue weighted by Crippen LogP contribution is -2.24. The summed E-state index contributed by atoms with van der Waals surface area (Å²) in [6.07, 6.45) is 6.24. The summed E-state index contributed by atoms with van der Waals surface area (Å²) < 4.78 is 2.24. The Kier molecular flexibility index (Phi) is 6.00. The highest BCUT2D eigenvalue weighted by Crippen LogP contribution is 2.21. The predicted molar refractivity (Wildman–Crippen MR) is 88.0 cm³/mol. The van der Waals surface area contributed by atoms with Gasteiger partial charge in [-0.3, -0.25) is 0 Å². The van der Waals surface area contributed by atoms with E-state index in [2.05, 4.69) is 72.2 Å². The van der Waals surface area contributed by atoms with Crippen molar-refractivity contribution >= 4 is 0 Å². The number of hydrogen-bond acceptors (Lipinski definition) is 2. The van der Waals surface area contributed by atoms with Crippen molar-refractivity contribution in [2.24, 2.45) is 5.92 Å². The molecule has 0 aliphatic rings. The summed E-state index contributed by atoms with van der Waals surface area (Å²) in [5.74, 6) is 1.79. The molecule has 0 aliphatic heterocycles. The van der Waals surface area contributed by atoms with Crippen LogP contribution in [-0.4, -0.2) is 9.55 Å². The third kappa shape index (κ3) is 4.71. The summed E-state index contributed by atoms with van der Waals surface area (Å²) >= 11 is 0. The van der Waals surface area contributed by atoms with Gasteiger partial charge in [-0.05, 0) is 24.3 Å². The van der Waals surface area contributed by atoms with Gasteiger partial charge in [0, 0.05) is 25.0 Å². The first kappa shape index (κ1) is 15.8. The third-order valence-corrected chi connectivity index (χ3v) is 3.68. The molecule has 0 amide bonds. The Morgan fingerprint density at radius 2 is 1.95 bits per heavy atom. The minimum Gasteiger partial charge on any atom is -0.334 e. The zero-order chi connectivity index (χ0) is 15.1. The maximum absolute atomic E-state index is 4.48. The van der Waals surface area contributed by atoms with Gasteiger partial charge in [-0.25, -0.2) is 4.98 Å². The second-order valence-corrected chi connectivity index (χ2v) is 6.01. The van der Waals surface area contributed by atoms with Crippen LogP contribution in [-0.2, 0) is 13.1 Å². The van der Waals surface area contributed by atoms with E-state index in [1.807, 2.05) is 6.20 Å². The summed E-state index contributed by atoms with van der Waals surface area (Å²) in [5.41, 5.74) is 1.36. The lowest BCUT2D eigenvalue weighted by molar-refractivity contribution is 0.419. The van der Waals surface area contributed by atoms with Gasteiger partial charge in [-0.1, -0.05) is 51.1 Å². The highest BCUT2D eigenvalue weighted by Gasteiger charge is 2.13. The zero-order valence-electron chi connectivity index (χ0n) is 13.4. The fourth-order valence-corrected chi connectivity index (χ4v) is 2.66. The normalized spacial score (nSPS) is 12.8. The molecule has 1 aromatic heterocycles. The van der Waals surface area contributed by atoms with E-state index in [1.54, 1.807) is 0 Å². The quantitative estimate of drug-likeness (QED) is 0.789. The molecule has 3 nitrogen and oxygen atoms in total. The van der Waals surface area contributed by atoms with Crippen LogP contribution in [0.4, 0.5) is 0 Å². The monoisotopic (exact) mass is 285 g/mol. The van der Waals surface area contributed by atoms with Crippen LogP contribution < -0.4 is 5.32 Å². The predicted octanol–water partition coefficient (Wildman–Crippen LogP) is 4.17. The van der Waals surface area contributed by atoms with Crippen LogP contribution in [0.2, 0.25) is 0 Å². The molecule has 114 valence electrons. The topological polar surface area (TPSA) is 29.9 Å². The highest BCUT2D eigenvalue weighted by molar-refractivity contribution is 5.19. The Bertz CT molecular complexity index is 516. The molecule has 0 bridgehead atoms. The number of aryl methyl sites for hydroxylation is 1. The fraction of sp³-hybridized carbons (Fsp3) is 0.500. The van der Waals surface area contributed by atoms with E-state index in [-0.39, 0.29) is 0 Å². The Hall–Kier alpha value is -1.61. The lowest BCUT2D eigenvalue weighted by atomic mass is 9.97. The number of imidazole rings is 1. The van der Waals surface area contributed by atoms with Gasteiger partial charge in [0.15, 0.2) is 0 Å². The van der Waals surface area contributed by atoms with Gasteiger partial charge < -0.3 is 9.88 Å². The van der Waals surface area contributed by atoms with E-state index in [9.17, 15) is 0 Å². The molecule has 0 aliphatic carbocycles. The molecule has 2 rings (SSSR count). The van der Waals surface area contributed by atoms with Gasteiger partial charge in [0.05, 0.1) is 6.54 Å². The SMILES string of the molecule is CCCn1ccnc1CNC(CC(C)C)c1ccccc1. The molecule has 1 N–H and O–H groups in total. The molecule has 0 saturated heterocycles. The van der Waals surface area contributed by atoms with Crippen molar-refractivity contribution in [3.05, 3.63) is 54.1 Å². The van der Waals surface area contributed by atoms with Crippen LogP contribution in [0.25, 0.3) is 0 Å². The van der Waals surface area contributed by atoms with E-state index in [1.165, 1.54) is 5.56 Å². The molecule has 0 fully saturated rings. The first-order valence-electron chi connectivity index (χ1n) is 7.99. The van der Waals surface area contributed by atoms with E-state index < -0.39 is 0 Å². The second-order valence-electron chi connectivity index (χ2n) is 6.01. The molecule has 1 atom stereocenters. The van der Waals surface area contributed by atoms with Gasteiger partial charge in [-0.15, -0.1) is 0 Å². The van der Waals surface area contributed by atoms with Crippen molar-refractivity contribution in [3.63, 3.8) is 0 Å². The molecular formula is C18H27N3. The second kappa shape index (κ2) is 7.99. The molecule has 21 heavy (non-hydrogen) atoms. The van der Waals surface area contributed by atoms with E-state index in [4.69, 9.17) is 0 Å². The van der Waals surface area contributed by atoms with Crippen LogP contribution in [0.1, 0.15) is 51.0 Å². The van der Waals surface area contributed by atoms with Crippen LogP contribution >= 0.6 is 0 Å². The summed E-state index contributed by atoms with van der Waals surface area (Å²) in [6, 6.07) is 11.1. The Labute approximate surface area is 128 Å². The smallest absolute Gasteiger partial charge is 0.122 e. The molecule has 0 saturated carbocycles. The number of nitrogens with zero attached hydrogens (tertiary/aromatic N) is 2. The number of aromatic nitrogens is 2. The Morgan fingerprint density at radius 3 is 2.62 bits per heavy atom. The van der Waals surface area contributed by atoms with Gasteiger partial charge in [0.2, 0.25) is 0 Å². The summed E-state index contributed by atoms with van der Waals surface area (Å²) in [5, 5.41) is 3.69. The minimum atomic E-state index is 0.387. The van der Waals surface area contributed by atoms with Crippen molar-refractivity contribution in [3.8, 4) is 0 Å². The number of rotatable bonds is 8. The van der Waals surface area contributed by atoms with Crippen molar-refractivity contribution in [1.82, 2.24) is 14.9 Å². The molecular weight excluding hydrogens is 258 g/mol.